The third-order valence-electron chi connectivity index (χ3n) is 4.95. The summed E-state index contributed by atoms with van der Waals surface area (Å²) in [6, 6.07) is 0.110. The van der Waals surface area contributed by atoms with Crippen LogP contribution in [0.1, 0.15) is 104 Å². The number of unbranched alkanes of at least 4 members (excludes halogenated alkanes) is 13. The van der Waals surface area contributed by atoms with Crippen LogP contribution < -0.4 is 5.73 Å². The lowest BCUT2D eigenvalue weighted by Crippen LogP contribution is -2.31. The summed E-state index contributed by atoms with van der Waals surface area (Å²) in [6.07, 6.45) is 19.9. The predicted molar refractivity (Wildman–Crippen MR) is 126 cm³/mol. The Morgan fingerprint density at radius 3 is 1.45 bits per heavy atom. The molecule has 0 saturated heterocycles. The minimum Gasteiger partial charge on any atom is -0.396 e. The molecule has 0 aromatic carbocycles. The number of aliphatic hydroxyl groups excluding tert-OH is 1. The lowest BCUT2D eigenvalue weighted by atomic mass is 10.0. The van der Waals surface area contributed by atoms with Crippen LogP contribution in [0.4, 0.5) is 0 Å². The van der Waals surface area contributed by atoms with Crippen LogP contribution in [0, 0.1) is 5.92 Å². The molecular weight excluding hydrogens is 409 g/mol. The Hall–Kier alpha value is 0.380. The average Bonchev–Trinajstić information content (AvgIpc) is 2.62. The molecule has 0 spiro atoms. The number of hydrogen-bond donors (Lipinski definition) is 5. The molecule has 0 heterocycles. The van der Waals surface area contributed by atoms with E-state index in [-0.39, 0.29) is 18.6 Å². The fourth-order valence-electron chi connectivity index (χ4n) is 3.00. The lowest BCUT2D eigenvalue weighted by Gasteiger charge is -2.17. The third-order valence-corrected chi connectivity index (χ3v) is 6.19. The van der Waals surface area contributed by atoms with E-state index in [1.165, 1.54) is 95.6 Å². The molecule has 6 N–H and O–H groups in total. The van der Waals surface area contributed by atoms with E-state index in [0.29, 0.717) is 0 Å². The standard InChI is InChI=1S/C21H45NOS.H3O4P/c1-3-4-5-6-7-8-9-10-11-12-13-14-15-16-17-24-19-21(18-23)20(2)22;1-5(2,3)4/h20-21,23H,3-19,22H2,1-2H3;(H3,1,2,3,4). The average molecular weight is 458 g/mol. The number of nitrogens with two attached hydrogens (primary N) is 1. The van der Waals surface area contributed by atoms with Crippen molar-refractivity contribution in [1.82, 2.24) is 0 Å². The molecule has 0 fully saturated rings. The molecule has 178 valence electrons. The maximum atomic E-state index is 9.23. The maximum absolute atomic E-state index is 9.23. The third kappa shape index (κ3) is 33.2. The van der Waals surface area contributed by atoms with E-state index < -0.39 is 7.82 Å². The van der Waals surface area contributed by atoms with Gasteiger partial charge in [-0.15, -0.1) is 0 Å². The van der Waals surface area contributed by atoms with Gasteiger partial charge in [-0.2, -0.15) is 11.8 Å². The Morgan fingerprint density at radius 1 is 0.793 bits per heavy atom. The molecular formula is C21H48NO5PS. The molecule has 0 aliphatic carbocycles. The summed E-state index contributed by atoms with van der Waals surface area (Å²) in [6.45, 7) is 4.51. The number of hydrogen-bond acceptors (Lipinski definition) is 4. The summed E-state index contributed by atoms with van der Waals surface area (Å²) >= 11 is 1.96. The topological polar surface area (TPSA) is 124 Å². The molecule has 0 aromatic heterocycles. The molecule has 2 unspecified atom stereocenters. The van der Waals surface area contributed by atoms with Crippen LogP contribution in [0.5, 0.6) is 0 Å². The molecule has 0 aromatic rings. The van der Waals surface area contributed by atoms with Crippen LogP contribution >= 0.6 is 19.6 Å². The zero-order valence-corrected chi connectivity index (χ0v) is 20.5. The van der Waals surface area contributed by atoms with Crippen molar-refractivity contribution in [3.8, 4) is 0 Å². The van der Waals surface area contributed by atoms with Crippen molar-refractivity contribution in [1.29, 1.82) is 0 Å². The summed E-state index contributed by atoms with van der Waals surface area (Å²) in [5, 5.41) is 9.23. The van der Waals surface area contributed by atoms with Crippen LogP contribution in [0.25, 0.3) is 0 Å². The van der Waals surface area contributed by atoms with Gasteiger partial charge in [0.05, 0.1) is 0 Å². The molecule has 0 amide bonds. The van der Waals surface area contributed by atoms with Crippen molar-refractivity contribution in [2.75, 3.05) is 18.1 Å². The van der Waals surface area contributed by atoms with Gasteiger partial charge < -0.3 is 25.5 Å². The monoisotopic (exact) mass is 457 g/mol. The SMILES string of the molecule is CCCCCCCCCCCCCCCCSCC(CO)C(C)N.O=P(O)(O)O. The van der Waals surface area contributed by atoms with Crippen molar-refractivity contribution in [2.24, 2.45) is 11.7 Å². The van der Waals surface area contributed by atoms with Crippen molar-refractivity contribution in [2.45, 2.75) is 110 Å². The highest BCUT2D eigenvalue weighted by molar-refractivity contribution is 7.99. The number of phosphoric acid groups is 1. The molecule has 0 aliphatic heterocycles. The van der Waals surface area contributed by atoms with Gasteiger partial charge in [0, 0.05) is 18.6 Å². The summed E-state index contributed by atoms with van der Waals surface area (Å²) in [7, 11) is -4.64. The van der Waals surface area contributed by atoms with Crippen molar-refractivity contribution in [3.05, 3.63) is 0 Å². The summed E-state index contributed by atoms with van der Waals surface area (Å²) in [5.41, 5.74) is 5.84. The number of rotatable bonds is 19. The van der Waals surface area contributed by atoms with E-state index in [1.54, 1.807) is 0 Å². The quantitative estimate of drug-likeness (QED) is 0.133. The van der Waals surface area contributed by atoms with E-state index in [0.717, 1.165) is 5.75 Å². The van der Waals surface area contributed by atoms with Crippen molar-refractivity contribution >= 4 is 19.6 Å². The molecule has 0 rings (SSSR count). The van der Waals surface area contributed by atoms with E-state index in [4.69, 9.17) is 25.0 Å². The minimum atomic E-state index is -4.64. The van der Waals surface area contributed by atoms with E-state index in [9.17, 15) is 5.11 Å². The summed E-state index contributed by atoms with van der Waals surface area (Å²) in [4.78, 5) is 21.6. The Kier molecular flexibility index (Phi) is 25.1. The van der Waals surface area contributed by atoms with Crippen LogP contribution in [0.3, 0.4) is 0 Å². The highest BCUT2D eigenvalue weighted by Gasteiger charge is 2.11. The fraction of sp³-hybridized carbons (Fsp3) is 1.00. The van der Waals surface area contributed by atoms with Gasteiger partial charge in [-0.3, -0.25) is 0 Å². The van der Waals surface area contributed by atoms with Gasteiger partial charge in [0.25, 0.3) is 0 Å². The Labute approximate surface area is 183 Å². The van der Waals surface area contributed by atoms with Gasteiger partial charge in [-0.1, -0.05) is 90.4 Å². The first-order valence-electron chi connectivity index (χ1n) is 11.4. The van der Waals surface area contributed by atoms with E-state index >= 15 is 0 Å². The van der Waals surface area contributed by atoms with Gasteiger partial charge in [-0.25, -0.2) is 4.57 Å². The molecule has 0 bridgehead atoms. The maximum Gasteiger partial charge on any atom is 0.466 e. The van der Waals surface area contributed by atoms with Gasteiger partial charge in [0.15, 0.2) is 0 Å². The molecule has 29 heavy (non-hydrogen) atoms. The number of thioether (sulfide) groups is 1. The van der Waals surface area contributed by atoms with Crippen LogP contribution in [-0.2, 0) is 4.57 Å². The molecule has 0 saturated carbocycles. The van der Waals surface area contributed by atoms with Crippen molar-refractivity contribution in [3.63, 3.8) is 0 Å². The highest BCUT2D eigenvalue weighted by Crippen LogP contribution is 2.25. The normalized spacial score (nSPS) is 13.6. The predicted octanol–water partition coefficient (Wildman–Crippen LogP) is 5.23. The van der Waals surface area contributed by atoms with Gasteiger partial charge >= 0.3 is 7.82 Å². The lowest BCUT2D eigenvalue weighted by molar-refractivity contribution is 0.224. The Morgan fingerprint density at radius 2 is 1.14 bits per heavy atom. The summed E-state index contributed by atoms with van der Waals surface area (Å²) < 4.78 is 8.88. The largest absolute Gasteiger partial charge is 0.466 e. The summed E-state index contributed by atoms with van der Waals surface area (Å²) in [5.74, 6) is 2.50. The van der Waals surface area contributed by atoms with Gasteiger partial charge in [-0.05, 0) is 24.9 Å². The van der Waals surface area contributed by atoms with Crippen LogP contribution in [0.15, 0.2) is 0 Å². The second-order valence-corrected chi connectivity index (χ2v) is 10.2. The molecule has 0 radical (unpaired) electrons. The second-order valence-electron chi connectivity index (χ2n) is 7.99. The van der Waals surface area contributed by atoms with Crippen molar-refractivity contribution < 1.29 is 24.4 Å². The smallest absolute Gasteiger partial charge is 0.396 e. The Balaban J connectivity index is 0. The second kappa shape index (κ2) is 23.1. The molecule has 0 aliphatic rings. The first kappa shape index (κ1) is 31.6. The van der Waals surface area contributed by atoms with Crippen LogP contribution in [-0.4, -0.2) is 43.9 Å². The molecule has 2 atom stereocenters. The first-order chi connectivity index (χ1) is 13.7. The first-order valence-corrected chi connectivity index (χ1v) is 14.2. The molecule has 6 nitrogen and oxygen atoms in total. The highest BCUT2D eigenvalue weighted by atomic mass is 32.2. The van der Waals surface area contributed by atoms with Gasteiger partial charge in [0.1, 0.15) is 0 Å². The zero-order valence-electron chi connectivity index (χ0n) is 18.8. The zero-order chi connectivity index (χ0) is 22.4. The Bertz CT molecular complexity index is 361. The molecule has 8 heteroatoms. The minimum absolute atomic E-state index is 0.110. The van der Waals surface area contributed by atoms with Crippen LogP contribution in [0.2, 0.25) is 0 Å². The van der Waals surface area contributed by atoms with E-state index in [1.807, 2.05) is 18.7 Å². The van der Waals surface area contributed by atoms with Gasteiger partial charge in [0.2, 0.25) is 0 Å². The number of aliphatic hydroxyl groups is 1. The van der Waals surface area contributed by atoms with E-state index in [2.05, 4.69) is 6.92 Å². The fourth-order valence-corrected chi connectivity index (χ4v) is 4.29.